The minimum Gasteiger partial charge on any atom is -0.352 e. The van der Waals surface area contributed by atoms with Crippen LogP contribution in [0.1, 0.15) is 36.4 Å². The van der Waals surface area contributed by atoms with Crippen LogP contribution in [0.4, 0.5) is 4.79 Å². The largest absolute Gasteiger partial charge is 0.352 e. The third-order valence-electron chi connectivity index (χ3n) is 4.28. The van der Waals surface area contributed by atoms with Gasteiger partial charge in [-0.3, -0.25) is 4.79 Å². The molecule has 1 saturated heterocycles. The average Bonchev–Trinajstić information content (AvgIpc) is 2.95. The van der Waals surface area contributed by atoms with Gasteiger partial charge in [0.1, 0.15) is 0 Å². The van der Waals surface area contributed by atoms with Crippen LogP contribution in [0.3, 0.4) is 0 Å². The number of benzene rings is 1. The lowest BCUT2D eigenvalue weighted by Crippen LogP contribution is -2.43. The lowest BCUT2D eigenvalue weighted by atomic mass is 10.0. The van der Waals surface area contributed by atoms with E-state index in [9.17, 15) is 9.59 Å². The van der Waals surface area contributed by atoms with Crippen molar-refractivity contribution in [2.24, 2.45) is 5.73 Å². The number of likely N-dealkylation sites (N-methyl/N-ethyl adjacent to an activating group) is 1. The number of carbonyl (C=O) groups is 2. The number of hydrogen-bond acceptors (Lipinski definition) is 3. The fourth-order valence-corrected chi connectivity index (χ4v) is 3.21. The van der Waals surface area contributed by atoms with Crippen molar-refractivity contribution in [3.63, 3.8) is 0 Å². The number of nitrogens with one attached hydrogen (secondary N) is 2. The third-order valence-corrected chi connectivity index (χ3v) is 4.28. The molecule has 1 heterocycles. The van der Waals surface area contributed by atoms with Crippen molar-refractivity contribution in [3.05, 3.63) is 35.4 Å². The highest BCUT2D eigenvalue weighted by molar-refractivity contribution is 5.79. The summed E-state index contributed by atoms with van der Waals surface area (Å²) in [5.74, 6) is 0.0583. The Kier molecular flexibility index (Phi) is 5.98. The zero-order chi connectivity index (χ0) is 16.8. The summed E-state index contributed by atoms with van der Waals surface area (Å²) in [4.78, 5) is 25.9. The maximum absolute atomic E-state index is 12.7. The van der Waals surface area contributed by atoms with Gasteiger partial charge in [0.2, 0.25) is 5.91 Å². The molecule has 1 aromatic rings. The Morgan fingerprint density at radius 3 is 2.87 bits per heavy atom. The summed E-state index contributed by atoms with van der Waals surface area (Å²) in [6.45, 7) is 3.56. The number of carbonyl (C=O) groups excluding carboxylic acids is 2. The smallest absolute Gasteiger partial charge is 0.312 e. The second kappa shape index (κ2) is 7.97. The standard InChI is InChI=1S/C17H26N4O2/c1-12-5-3-6-13(9-12)15(20-17(18)23)10-16(22)21-8-4-7-14(21)11-19-2/h3,5-6,9,14-15,19H,4,7-8,10-11H2,1-2H3,(H3,18,20,23)/t14-,15-/m1/s1. The number of aryl methyl sites for hydroxylation is 1. The van der Waals surface area contributed by atoms with Gasteiger partial charge in [0, 0.05) is 19.1 Å². The maximum atomic E-state index is 12.7. The summed E-state index contributed by atoms with van der Waals surface area (Å²) in [6.07, 6.45) is 2.27. The van der Waals surface area contributed by atoms with Crippen molar-refractivity contribution in [3.8, 4) is 0 Å². The van der Waals surface area contributed by atoms with Gasteiger partial charge in [-0.2, -0.15) is 0 Å². The van der Waals surface area contributed by atoms with E-state index in [4.69, 9.17) is 5.73 Å². The molecule has 6 nitrogen and oxygen atoms in total. The molecule has 0 aliphatic carbocycles. The van der Waals surface area contributed by atoms with E-state index in [0.717, 1.165) is 37.1 Å². The van der Waals surface area contributed by atoms with E-state index in [2.05, 4.69) is 10.6 Å². The molecule has 1 aliphatic heterocycles. The second-order valence-corrected chi connectivity index (χ2v) is 6.12. The Balaban J connectivity index is 2.11. The Morgan fingerprint density at radius 1 is 1.43 bits per heavy atom. The first-order valence-corrected chi connectivity index (χ1v) is 8.08. The predicted octanol–water partition coefficient (Wildman–Crippen LogP) is 1.30. The normalized spacial score (nSPS) is 18.7. The number of amides is 3. The molecule has 0 spiro atoms. The molecule has 6 heteroatoms. The van der Waals surface area contributed by atoms with E-state index >= 15 is 0 Å². The van der Waals surface area contributed by atoms with Crippen LogP contribution in [0, 0.1) is 6.92 Å². The molecule has 1 aromatic carbocycles. The number of rotatable bonds is 6. The van der Waals surface area contributed by atoms with Crippen molar-refractivity contribution in [2.75, 3.05) is 20.1 Å². The molecule has 0 aromatic heterocycles. The van der Waals surface area contributed by atoms with Crippen LogP contribution >= 0.6 is 0 Å². The quantitative estimate of drug-likeness (QED) is 0.739. The summed E-state index contributed by atoms with van der Waals surface area (Å²) < 4.78 is 0. The van der Waals surface area contributed by atoms with Crippen molar-refractivity contribution >= 4 is 11.9 Å². The molecule has 0 unspecified atom stereocenters. The summed E-state index contributed by atoms with van der Waals surface area (Å²) >= 11 is 0. The molecule has 4 N–H and O–H groups in total. The molecule has 2 atom stereocenters. The van der Waals surface area contributed by atoms with Crippen LogP contribution < -0.4 is 16.4 Å². The zero-order valence-electron chi connectivity index (χ0n) is 13.8. The summed E-state index contributed by atoms with van der Waals surface area (Å²) in [5, 5.41) is 5.84. The zero-order valence-corrected chi connectivity index (χ0v) is 13.8. The molecular formula is C17H26N4O2. The van der Waals surface area contributed by atoms with Gasteiger partial charge < -0.3 is 21.3 Å². The lowest BCUT2D eigenvalue weighted by molar-refractivity contribution is -0.132. The first-order valence-electron chi connectivity index (χ1n) is 8.08. The summed E-state index contributed by atoms with van der Waals surface area (Å²) in [5.41, 5.74) is 7.28. The average molecular weight is 318 g/mol. The highest BCUT2D eigenvalue weighted by Gasteiger charge is 2.30. The Bertz CT molecular complexity index is 561. The Morgan fingerprint density at radius 2 is 2.22 bits per heavy atom. The van der Waals surface area contributed by atoms with Crippen LogP contribution in [0.2, 0.25) is 0 Å². The van der Waals surface area contributed by atoms with E-state index < -0.39 is 12.1 Å². The molecular weight excluding hydrogens is 292 g/mol. The van der Waals surface area contributed by atoms with Gasteiger partial charge in [-0.1, -0.05) is 29.8 Å². The fraction of sp³-hybridized carbons (Fsp3) is 0.529. The minimum absolute atomic E-state index is 0.0583. The number of primary amides is 1. The molecule has 0 saturated carbocycles. The first-order chi connectivity index (χ1) is 11.0. The van der Waals surface area contributed by atoms with Crippen LogP contribution in [0.5, 0.6) is 0 Å². The van der Waals surface area contributed by atoms with Gasteiger partial charge in [-0.05, 0) is 32.4 Å². The summed E-state index contributed by atoms with van der Waals surface area (Å²) in [6, 6.07) is 7.02. The van der Waals surface area contributed by atoms with Crippen LogP contribution in [-0.4, -0.2) is 43.0 Å². The van der Waals surface area contributed by atoms with Crippen molar-refractivity contribution in [1.82, 2.24) is 15.5 Å². The van der Waals surface area contributed by atoms with Gasteiger partial charge in [0.25, 0.3) is 0 Å². The van der Waals surface area contributed by atoms with E-state index in [-0.39, 0.29) is 18.4 Å². The number of urea groups is 1. The maximum Gasteiger partial charge on any atom is 0.312 e. The molecule has 0 radical (unpaired) electrons. The molecule has 3 amide bonds. The van der Waals surface area contributed by atoms with E-state index in [1.54, 1.807) is 0 Å². The van der Waals surface area contributed by atoms with Crippen LogP contribution in [-0.2, 0) is 4.79 Å². The van der Waals surface area contributed by atoms with Crippen molar-refractivity contribution in [1.29, 1.82) is 0 Å². The minimum atomic E-state index is -0.613. The Hall–Kier alpha value is -2.08. The first kappa shape index (κ1) is 17.3. The summed E-state index contributed by atoms with van der Waals surface area (Å²) in [7, 11) is 1.89. The van der Waals surface area contributed by atoms with E-state index in [1.807, 2.05) is 43.1 Å². The monoisotopic (exact) mass is 318 g/mol. The molecule has 2 rings (SSSR count). The highest BCUT2D eigenvalue weighted by Crippen LogP contribution is 2.23. The van der Waals surface area contributed by atoms with E-state index in [1.165, 1.54) is 0 Å². The molecule has 1 aliphatic rings. The topological polar surface area (TPSA) is 87.5 Å². The van der Waals surface area contributed by atoms with Crippen molar-refractivity contribution < 1.29 is 9.59 Å². The number of nitrogens with two attached hydrogens (primary N) is 1. The number of likely N-dealkylation sites (tertiary alicyclic amines) is 1. The molecule has 126 valence electrons. The van der Waals surface area contributed by atoms with Crippen LogP contribution in [0.15, 0.2) is 24.3 Å². The second-order valence-electron chi connectivity index (χ2n) is 6.12. The molecule has 23 heavy (non-hydrogen) atoms. The number of nitrogens with zero attached hydrogens (tertiary/aromatic N) is 1. The lowest BCUT2D eigenvalue weighted by Gasteiger charge is -2.27. The third kappa shape index (κ3) is 4.69. The molecule has 1 fully saturated rings. The molecule has 0 bridgehead atoms. The highest BCUT2D eigenvalue weighted by atomic mass is 16.2. The van der Waals surface area contributed by atoms with Gasteiger partial charge >= 0.3 is 6.03 Å². The SMILES string of the molecule is CNC[C@H]1CCCN1C(=O)C[C@@H](NC(N)=O)c1cccc(C)c1. The number of hydrogen-bond donors (Lipinski definition) is 3. The van der Waals surface area contributed by atoms with Crippen molar-refractivity contribution in [2.45, 2.75) is 38.3 Å². The van der Waals surface area contributed by atoms with Crippen LogP contribution in [0.25, 0.3) is 0 Å². The van der Waals surface area contributed by atoms with Gasteiger partial charge in [0.15, 0.2) is 0 Å². The van der Waals surface area contributed by atoms with Gasteiger partial charge in [-0.15, -0.1) is 0 Å². The van der Waals surface area contributed by atoms with Gasteiger partial charge in [0.05, 0.1) is 12.5 Å². The van der Waals surface area contributed by atoms with E-state index in [0.29, 0.717) is 0 Å². The van der Waals surface area contributed by atoms with Gasteiger partial charge in [-0.25, -0.2) is 4.79 Å². The Labute approximate surface area is 137 Å². The fourth-order valence-electron chi connectivity index (χ4n) is 3.21. The predicted molar refractivity (Wildman–Crippen MR) is 89.9 cm³/mol.